The van der Waals surface area contributed by atoms with E-state index in [4.69, 9.17) is 9.72 Å². The molecule has 2 saturated heterocycles. The number of hydrogen-bond donors (Lipinski definition) is 0. The van der Waals surface area contributed by atoms with Crippen molar-refractivity contribution >= 4 is 11.9 Å². The molecule has 7 nitrogen and oxygen atoms in total. The summed E-state index contributed by atoms with van der Waals surface area (Å²) in [6.45, 7) is 3.89. The molecule has 2 fully saturated rings. The molecule has 0 unspecified atom stereocenters. The van der Waals surface area contributed by atoms with Crippen molar-refractivity contribution in [2.45, 2.75) is 18.8 Å². The van der Waals surface area contributed by atoms with Crippen LogP contribution in [-0.4, -0.2) is 65.2 Å². The second kappa shape index (κ2) is 9.62. The van der Waals surface area contributed by atoms with Gasteiger partial charge in [0.1, 0.15) is 5.82 Å². The summed E-state index contributed by atoms with van der Waals surface area (Å²) in [6.07, 6.45) is 7.12. The number of nitrogens with zero attached hydrogens (tertiary/aromatic N) is 5. The summed E-state index contributed by atoms with van der Waals surface area (Å²) in [6, 6.07) is 10.1. The van der Waals surface area contributed by atoms with Crippen molar-refractivity contribution in [3.63, 3.8) is 0 Å². The van der Waals surface area contributed by atoms with Crippen LogP contribution in [0, 0.1) is 5.82 Å². The minimum Gasteiger partial charge on any atom is -0.378 e. The van der Waals surface area contributed by atoms with Gasteiger partial charge in [-0.1, -0.05) is 12.1 Å². The average molecular weight is 448 g/mol. The predicted molar refractivity (Wildman–Crippen MR) is 123 cm³/mol. The minimum absolute atomic E-state index is 0.0282. The maximum atomic E-state index is 14.3. The number of morpholine rings is 1. The number of pyridine rings is 1. The summed E-state index contributed by atoms with van der Waals surface area (Å²) in [5, 5.41) is 0. The number of hydrogen-bond acceptors (Lipinski definition) is 6. The Balaban J connectivity index is 1.48. The first kappa shape index (κ1) is 21.5. The molecule has 2 aliphatic rings. The van der Waals surface area contributed by atoms with Gasteiger partial charge in [-0.25, -0.2) is 14.4 Å². The highest BCUT2D eigenvalue weighted by atomic mass is 19.1. The Bertz CT molecular complexity index is 1120. The molecule has 5 rings (SSSR count). The fourth-order valence-electron chi connectivity index (χ4n) is 4.56. The summed E-state index contributed by atoms with van der Waals surface area (Å²) in [4.78, 5) is 30.8. The maximum Gasteiger partial charge on any atom is 0.256 e. The Kier molecular flexibility index (Phi) is 6.26. The van der Waals surface area contributed by atoms with Crippen LogP contribution < -0.4 is 4.90 Å². The van der Waals surface area contributed by atoms with E-state index in [9.17, 15) is 9.18 Å². The molecule has 0 aliphatic carbocycles. The lowest BCUT2D eigenvalue weighted by atomic mass is 9.90. The van der Waals surface area contributed by atoms with Gasteiger partial charge in [0, 0.05) is 56.3 Å². The largest absolute Gasteiger partial charge is 0.378 e. The fourth-order valence-corrected chi connectivity index (χ4v) is 4.56. The highest BCUT2D eigenvalue weighted by Gasteiger charge is 2.30. The molecule has 2 aromatic heterocycles. The number of halogens is 1. The highest BCUT2D eigenvalue weighted by Crippen LogP contribution is 2.34. The SMILES string of the molecule is O=C(c1ccccc1F)N1CCC[C@@H](c2nc(N3CCOCC3)ncc2-c2ccncc2)C1. The summed E-state index contributed by atoms with van der Waals surface area (Å²) in [5.74, 6) is -0.0476. The number of likely N-dealkylation sites (tertiary alicyclic amines) is 1. The number of aromatic nitrogens is 3. The van der Waals surface area contributed by atoms with E-state index in [1.165, 1.54) is 6.07 Å². The van der Waals surface area contributed by atoms with Gasteiger partial charge in [-0.15, -0.1) is 0 Å². The number of piperidine rings is 1. The van der Waals surface area contributed by atoms with Crippen LogP contribution in [0.5, 0.6) is 0 Å². The van der Waals surface area contributed by atoms with Crippen molar-refractivity contribution in [3.05, 3.63) is 72.1 Å². The van der Waals surface area contributed by atoms with E-state index in [1.807, 2.05) is 18.3 Å². The van der Waals surface area contributed by atoms with Gasteiger partial charge in [0.15, 0.2) is 0 Å². The first-order valence-corrected chi connectivity index (χ1v) is 11.3. The van der Waals surface area contributed by atoms with Crippen molar-refractivity contribution in [2.24, 2.45) is 0 Å². The van der Waals surface area contributed by atoms with Gasteiger partial charge in [-0.2, -0.15) is 0 Å². The first-order chi connectivity index (χ1) is 16.2. The molecule has 33 heavy (non-hydrogen) atoms. The smallest absolute Gasteiger partial charge is 0.256 e. The van der Waals surface area contributed by atoms with E-state index in [1.54, 1.807) is 35.5 Å². The molecule has 0 radical (unpaired) electrons. The highest BCUT2D eigenvalue weighted by molar-refractivity contribution is 5.94. The molecule has 0 spiro atoms. The van der Waals surface area contributed by atoms with Crippen LogP contribution >= 0.6 is 0 Å². The topological polar surface area (TPSA) is 71.5 Å². The second-order valence-corrected chi connectivity index (χ2v) is 8.37. The minimum atomic E-state index is -0.487. The molecule has 0 bridgehead atoms. The summed E-state index contributed by atoms with van der Waals surface area (Å²) < 4.78 is 19.7. The lowest BCUT2D eigenvalue weighted by Crippen LogP contribution is -2.40. The molecule has 1 amide bonds. The molecule has 170 valence electrons. The van der Waals surface area contributed by atoms with E-state index in [0.717, 1.165) is 42.8 Å². The normalized spacial score (nSPS) is 18.9. The van der Waals surface area contributed by atoms with Crippen LogP contribution in [0.4, 0.5) is 10.3 Å². The van der Waals surface area contributed by atoms with Crippen LogP contribution in [-0.2, 0) is 4.74 Å². The van der Waals surface area contributed by atoms with Gasteiger partial charge in [0.2, 0.25) is 5.95 Å². The molecule has 0 N–H and O–H groups in total. The first-order valence-electron chi connectivity index (χ1n) is 11.3. The van der Waals surface area contributed by atoms with Gasteiger partial charge in [-0.05, 0) is 42.7 Å². The number of ether oxygens (including phenoxy) is 1. The summed E-state index contributed by atoms with van der Waals surface area (Å²) in [7, 11) is 0. The van der Waals surface area contributed by atoms with Crippen molar-refractivity contribution < 1.29 is 13.9 Å². The van der Waals surface area contributed by atoms with Crippen molar-refractivity contribution in [2.75, 3.05) is 44.3 Å². The monoisotopic (exact) mass is 447 g/mol. The Hall–Kier alpha value is -3.39. The van der Waals surface area contributed by atoms with Crippen LogP contribution in [0.3, 0.4) is 0 Å². The predicted octanol–water partition coefficient (Wildman–Crippen LogP) is 3.53. The van der Waals surface area contributed by atoms with Crippen molar-refractivity contribution in [3.8, 4) is 11.1 Å². The van der Waals surface area contributed by atoms with Crippen LogP contribution in [0.1, 0.15) is 34.8 Å². The molecular weight excluding hydrogens is 421 g/mol. The molecule has 0 saturated carbocycles. The van der Waals surface area contributed by atoms with Crippen molar-refractivity contribution in [1.82, 2.24) is 19.9 Å². The van der Waals surface area contributed by atoms with Crippen LogP contribution in [0.2, 0.25) is 0 Å². The van der Waals surface area contributed by atoms with E-state index in [-0.39, 0.29) is 17.4 Å². The number of anilines is 1. The van der Waals surface area contributed by atoms with Gasteiger partial charge in [0.25, 0.3) is 5.91 Å². The lowest BCUT2D eigenvalue weighted by molar-refractivity contribution is 0.0701. The van der Waals surface area contributed by atoms with E-state index < -0.39 is 5.82 Å². The average Bonchev–Trinajstić information content (AvgIpc) is 2.89. The molecule has 1 aromatic carbocycles. The number of amides is 1. The summed E-state index contributed by atoms with van der Waals surface area (Å²) in [5.41, 5.74) is 2.97. The lowest BCUT2D eigenvalue weighted by Gasteiger charge is -2.34. The van der Waals surface area contributed by atoms with E-state index in [2.05, 4.69) is 14.9 Å². The van der Waals surface area contributed by atoms with Gasteiger partial charge >= 0.3 is 0 Å². The zero-order valence-corrected chi connectivity index (χ0v) is 18.4. The Morgan fingerprint density at radius 3 is 2.64 bits per heavy atom. The Morgan fingerprint density at radius 1 is 1.06 bits per heavy atom. The third-order valence-electron chi connectivity index (χ3n) is 6.29. The number of carbonyl (C=O) groups is 1. The molecule has 4 heterocycles. The maximum absolute atomic E-state index is 14.3. The molecule has 8 heteroatoms. The second-order valence-electron chi connectivity index (χ2n) is 8.37. The standard InChI is InChI=1S/C25H26FN5O2/c26-22-6-2-1-5-20(22)24(32)31-11-3-4-19(17-31)23-21(18-7-9-27-10-8-18)16-28-25(29-23)30-12-14-33-15-13-30/h1-2,5-10,16,19H,3-4,11-15,17H2/t19-/m1/s1. The van der Waals surface area contributed by atoms with Gasteiger partial charge < -0.3 is 14.5 Å². The number of benzene rings is 1. The third kappa shape index (κ3) is 4.57. The van der Waals surface area contributed by atoms with E-state index in [0.29, 0.717) is 32.3 Å². The Labute approximate surface area is 192 Å². The van der Waals surface area contributed by atoms with Gasteiger partial charge in [-0.3, -0.25) is 9.78 Å². The zero-order valence-electron chi connectivity index (χ0n) is 18.4. The van der Waals surface area contributed by atoms with E-state index >= 15 is 0 Å². The quantitative estimate of drug-likeness (QED) is 0.609. The molecule has 1 atom stereocenters. The summed E-state index contributed by atoms with van der Waals surface area (Å²) >= 11 is 0. The molecule has 2 aliphatic heterocycles. The van der Waals surface area contributed by atoms with Crippen LogP contribution in [0.25, 0.3) is 11.1 Å². The number of carbonyl (C=O) groups excluding carboxylic acids is 1. The fraction of sp³-hybridized carbons (Fsp3) is 0.360. The number of rotatable bonds is 4. The van der Waals surface area contributed by atoms with Crippen molar-refractivity contribution in [1.29, 1.82) is 0 Å². The Morgan fingerprint density at radius 2 is 1.85 bits per heavy atom. The van der Waals surface area contributed by atoms with Crippen LogP contribution in [0.15, 0.2) is 55.0 Å². The molecule has 3 aromatic rings. The molecular formula is C25H26FN5O2. The van der Waals surface area contributed by atoms with Gasteiger partial charge in [0.05, 0.1) is 24.5 Å². The third-order valence-corrected chi connectivity index (χ3v) is 6.29. The zero-order chi connectivity index (χ0) is 22.6.